The molecule has 6 nitrogen and oxygen atoms in total. The number of aromatic nitrogens is 1. The highest BCUT2D eigenvalue weighted by Crippen LogP contribution is 2.39. The van der Waals surface area contributed by atoms with Crippen LogP contribution in [-0.4, -0.2) is 31.9 Å². The number of hydrogen-bond acceptors (Lipinski definition) is 4. The first-order chi connectivity index (χ1) is 14.7. The molecule has 2 aromatic rings. The van der Waals surface area contributed by atoms with E-state index in [-0.39, 0.29) is 30.0 Å². The molecule has 14 heteroatoms. The van der Waals surface area contributed by atoms with Crippen molar-refractivity contribution in [2.75, 3.05) is 11.3 Å². The van der Waals surface area contributed by atoms with Gasteiger partial charge >= 0.3 is 12.1 Å². The van der Waals surface area contributed by atoms with E-state index in [4.69, 9.17) is 4.74 Å². The van der Waals surface area contributed by atoms with Crippen LogP contribution in [0.25, 0.3) is 0 Å². The van der Waals surface area contributed by atoms with Gasteiger partial charge in [0.15, 0.2) is 0 Å². The lowest BCUT2D eigenvalue weighted by atomic mass is 9.95. The lowest BCUT2D eigenvalue weighted by Gasteiger charge is -2.22. The second-order valence-electron chi connectivity index (χ2n) is 6.95. The van der Waals surface area contributed by atoms with Crippen LogP contribution in [0.5, 0.6) is 0 Å². The Morgan fingerprint density at radius 1 is 1.22 bits per heavy atom. The van der Waals surface area contributed by atoms with E-state index in [2.05, 4.69) is 4.98 Å². The topological polar surface area (TPSA) is 88.3 Å². The Morgan fingerprint density at radius 2 is 1.88 bits per heavy atom. The van der Waals surface area contributed by atoms with E-state index in [9.17, 15) is 43.9 Å². The predicted molar refractivity (Wildman–Crippen MR) is 95.9 cm³/mol. The molecule has 176 valence electrons. The number of ether oxygens (including phenoxy) is 1. The van der Waals surface area contributed by atoms with Gasteiger partial charge in [-0.2, -0.15) is 13.2 Å². The number of fused-ring (bicyclic) bond motifs is 1. The van der Waals surface area contributed by atoms with Crippen molar-refractivity contribution in [2.45, 2.75) is 43.2 Å². The van der Waals surface area contributed by atoms with Gasteiger partial charge in [-0.05, 0) is 25.0 Å². The van der Waals surface area contributed by atoms with Crippen molar-refractivity contribution in [3.05, 3.63) is 46.3 Å². The van der Waals surface area contributed by atoms with Crippen molar-refractivity contribution in [1.82, 2.24) is 4.98 Å². The van der Waals surface area contributed by atoms with Crippen LogP contribution in [0.2, 0.25) is 0 Å². The number of halogens is 7. The minimum atomic E-state index is -5.23. The third kappa shape index (κ3) is 4.54. The van der Waals surface area contributed by atoms with Crippen LogP contribution in [0, 0.1) is 11.6 Å². The maximum atomic E-state index is 14.2. The van der Waals surface area contributed by atoms with E-state index in [0.717, 1.165) is 0 Å². The fourth-order valence-electron chi connectivity index (χ4n) is 3.32. The van der Waals surface area contributed by atoms with Crippen LogP contribution in [0.15, 0.2) is 17.0 Å². The van der Waals surface area contributed by atoms with E-state index in [1.165, 1.54) is 6.92 Å². The highest BCUT2D eigenvalue weighted by molar-refractivity contribution is 7.92. The van der Waals surface area contributed by atoms with Gasteiger partial charge < -0.3 is 9.72 Å². The average molecular weight is 488 g/mol. The summed E-state index contributed by atoms with van der Waals surface area (Å²) in [6, 6.07) is -0.237. The molecule has 0 fully saturated rings. The first kappa shape index (κ1) is 23.9. The first-order valence-electron chi connectivity index (χ1n) is 9.04. The number of anilines is 1. The van der Waals surface area contributed by atoms with E-state index in [1.807, 2.05) is 0 Å². The van der Waals surface area contributed by atoms with Gasteiger partial charge in [-0.1, -0.05) is 0 Å². The zero-order valence-electron chi connectivity index (χ0n) is 16.2. The molecule has 2 N–H and O–H groups in total. The Balaban J connectivity index is 2.10. The zero-order chi connectivity index (χ0) is 24.1. The number of sulfonamides is 1. The summed E-state index contributed by atoms with van der Waals surface area (Å²) >= 11 is 0. The smallest absolute Gasteiger partial charge is 0.419 e. The number of aromatic amines is 1. The van der Waals surface area contributed by atoms with E-state index >= 15 is 0 Å². The molecule has 0 bridgehead atoms. The quantitative estimate of drug-likeness (QED) is 0.482. The van der Waals surface area contributed by atoms with Gasteiger partial charge in [-0.25, -0.2) is 30.8 Å². The number of carbonyl (C=O) groups is 1. The fraction of sp³-hybridized carbons (Fsp3) is 0.389. The number of alkyl halides is 5. The lowest BCUT2D eigenvalue weighted by Crippen LogP contribution is -2.27. The number of carbonyl (C=O) groups excluding carboxylic acids is 1. The van der Waals surface area contributed by atoms with Gasteiger partial charge in [0.1, 0.15) is 22.2 Å². The molecular weight excluding hydrogens is 473 g/mol. The average Bonchev–Trinajstić information content (AvgIpc) is 3.01. The third-order valence-corrected chi connectivity index (χ3v) is 6.15. The molecule has 0 saturated heterocycles. The third-order valence-electron chi connectivity index (χ3n) is 4.67. The van der Waals surface area contributed by atoms with Gasteiger partial charge in [0.2, 0.25) is 0 Å². The second kappa shape index (κ2) is 7.98. The van der Waals surface area contributed by atoms with Gasteiger partial charge in [0.05, 0.1) is 24.3 Å². The maximum Gasteiger partial charge on any atom is 0.419 e. The molecule has 1 heterocycles. The van der Waals surface area contributed by atoms with Crippen molar-refractivity contribution >= 4 is 21.7 Å². The number of hydrogen-bond donors (Lipinski definition) is 2. The van der Waals surface area contributed by atoms with Crippen LogP contribution in [0.3, 0.4) is 0 Å². The summed E-state index contributed by atoms with van der Waals surface area (Å²) in [7, 11) is -4.95. The molecule has 0 atom stereocenters. The summed E-state index contributed by atoms with van der Waals surface area (Å²) in [5.41, 5.74) is -4.27. The molecule has 32 heavy (non-hydrogen) atoms. The lowest BCUT2D eigenvalue weighted by molar-refractivity contribution is -0.140. The Morgan fingerprint density at radius 3 is 2.47 bits per heavy atom. The molecule has 1 aliphatic rings. The number of nitrogens with one attached hydrogen (secondary N) is 2. The van der Waals surface area contributed by atoms with Crippen LogP contribution < -0.4 is 4.72 Å². The Kier molecular flexibility index (Phi) is 5.95. The molecule has 0 spiro atoms. The highest BCUT2D eigenvalue weighted by atomic mass is 32.2. The summed E-state index contributed by atoms with van der Waals surface area (Å²) in [6.07, 6.45) is -7.36. The zero-order valence-corrected chi connectivity index (χ0v) is 17.0. The molecule has 0 saturated carbocycles. The van der Waals surface area contributed by atoms with Crippen molar-refractivity contribution in [3.63, 3.8) is 0 Å². The van der Waals surface area contributed by atoms with Crippen LogP contribution in [0.1, 0.15) is 40.7 Å². The minimum absolute atomic E-state index is 0.00695. The largest absolute Gasteiger partial charge is 0.461 e. The standard InChI is InChI=1S/C18H15F7N2O4S/c1-2-31-16(28)14-15(8-3-4-17(21,22)7-13(8)26-14)32(29,30)27-12-6-10(19)9(5-11(12)20)18(23,24)25/h5-6,26-27H,2-4,7H2,1H3. The van der Waals surface area contributed by atoms with E-state index in [0.29, 0.717) is 0 Å². The number of benzene rings is 1. The van der Waals surface area contributed by atoms with Crippen LogP contribution >= 0.6 is 0 Å². The summed E-state index contributed by atoms with van der Waals surface area (Å²) in [4.78, 5) is 13.7. The number of rotatable bonds is 5. The van der Waals surface area contributed by atoms with Crippen molar-refractivity contribution in [3.8, 4) is 0 Å². The Hall–Kier alpha value is -2.77. The molecule has 1 aliphatic carbocycles. The maximum absolute atomic E-state index is 14.2. The SMILES string of the molecule is CCOC(=O)c1[nH]c2c(c1S(=O)(=O)Nc1cc(F)c(C(F)(F)F)cc1F)CCC(F)(F)C2. The summed E-state index contributed by atoms with van der Waals surface area (Å²) in [5.74, 6) is -8.07. The molecule has 1 aromatic carbocycles. The van der Waals surface area contributed by atoms with E-state index in [1.54, 1.807) is 4.72 Å². The van der Waals surface area contributed by atoms with Crippen LogP contribution in [0.4, 0.5) is 36.4 Å². The second-order valence-corrected chi connectivity index (χ2v) is 8.57. The molecule has 0 amide bonds. The predicted octanol–water partition coefficient (Wildman–Crippen LogP) is 4.41. The highest BCUT2D eigenvalue weighted by Gasteiger charge is 2.41. The fourth-order valence-corrected chi connectivity index (χ4v) is 4.82. The van der Waals surface area contributed by atoms with E-state index < -0.39 is 80.8 Å². The molecule has 3 rings (SSSR count). The van der Waals surface area contributed by atoms with Gasteiger partial charge in [0, 0.05) is 18.2 Å². The molecule has 1 aromatic heterocycles. The van der Waals surface area contributed by atoms with Crippen molar-refractivity contribution in [1.29, 1.82) is 0 Å². The number of H-pyrrole nitrogens is 1. The monoisotopic (exact) mass is 488 g/mol. The summed E-state index contributed by atoms with van der Waals surface area (Å²) in [6.45, 7) is 1.21. The van der Waals surface area contributed by atoms with Gasteiger partial charge in [0.25, 0.3) is 15.9 Å². The molecular formula is C18H15F7N2O4S. The summed E-state index contributed by atoms with van der Waals surface area (Å²) in [5, 5.41) is 0. The number of esters is 1. The van der Waals surface area contributed by atoms with Crippen LogP contribution in [-0.2, 0) is 33.8 Å². The normalized spacial score (nSPS) is 15.9. The first-order valence-corrected chi connectivity index (χ1v) is 10.5. The Bertz CT molecular complexity index is 1170. The molecule has 0 radical (unpaired) electrons. The minimum Gasteiger partial charge on any atom is -0.461 e. The molecule has 0 aliphatic heterocycles. The molecule has 0 unspecified atom stereocenters. The van der Waals surface area contributed by atoms with Crippen molar-refractivity contribution in [2.24, 2.45) is 0 Å². The Labute approximate surface area is 176 Å². The van der Waals surface area contributed by atoms with Gasteiger partial charge in [-0.15, -0.1) is 0 Å². The van der Waals surface area contributed by atoms with Gasteiger partial charge in [-0.3, -0.25) is 4.72 Å². The van der Waals surface area contributed by atoms with Crippen molar-refractivity contribution < 1.29 is 48.7 Å². The summed E-state index contributed by atoms with van der Waals surface area (Å²) < 4.78 is 126.